The normalized spacial score (nSPS) is 10.9. The summed E-state index contributed by atoms with van der Waals surface area (Å²) in [5.74, 6) is 0. The van der Waals surface area contributed by atoms with Crippen molar-refractivity contribution in [3.8, 4) is 11.3 Å². The van der Waals surface area contributed by atoms with Gasteiger partial charge in [0.15, 0.2) is 6.33 Å². The summed E-state index contributed by atoms with van der Waals surface area (Å²) < 4.78 is 6.05. The molecule has 0 aliphatic rings. The lowest BCUT2D eigenvalue weighted by atomic mass is 10.1. The van der Waals surface area contributed by atoms with Crippen molar-refractivity contribution in [3.63, 3.8) is 0 Å². The van der Waals surface area contributed by atoms with Crippen LogP contribution in [-0.4, -0.2) is 23.7 Å². The fourth-order valence-electron chi connectivity index (χ4n) is 3.43. The number of nitrogens with zero attached hydrogens (tertiary/aromatic N) is 6. The molecule has 0 spiro atoms. The maximum absolute atomic E-state index is 4.71. The van der Waals surface area contributed by atoms with E-state index >= 15 is 0 Å². The summed E-state index contributed by atoms with van der Waals surface area (Å²) >= 11 is 0. The molecule has 6 nitrogen and oxygen atoms in total. The van der Waals surface area contributed by atoms with Gasteiger partial charge in [0.1, 0.15) is 5.69 Å². The van der Waals surface area contributed by atoms with E-state index in [2.05, 4.69) is 65.7 Å². The second kappa shape index (κ2) is 7.09. The Kier molecular flexibility index (Phi) is 4.48. The molecule has 4 aromatic rings. The molecule has 2 aromatic carbocycles. The minimum absolute atomic E-state index is 0.752. The minimum Gasteiger partial charge on any atom is -0.342 e. The van der Waals surface area contributed by atoms with Gasteiger partial charge < -0.3 is 4.57 Å². The SMILES string of the molecule is CCn1cnn(CC)c1=[N+]=Nc1c(-c2ccccc2)n(C)c2ccccc12. The highest BCUT2D eigenvalue weighted by Crippen LogP contribution is 2.38. The monoisotopic (exact) mass is 359 g/mol. The van der Waals surface area contributed by atoms with Crippen molar-refractivity contribution in [3.05, 3.63) is 66.5 Å². The molecular formula is C21H23N6+. The molecule has 2 heterocycles. The van der Waals surface area contributed by atoms with E-state index in [1.807, 2.05) is 33.5 Å². The van der Waals surface area contributed by atoms with Crippen molar-refractivity contribution in [2.75, 3.05) is 0 Å². The standard InChI is InChI=1S/C21H23N6/c1-4-26-15-22-27(5-2)21(26)24-23-19-17-13-9-10-14-18(17)25(3)20(19)16-11-7-6-8-12-16/h6-15H,4-5H2,1-3H3/q+1. The average molecular weight is 359 g/mol. The second-order valence-corrected chi connectivity index (χ2v) is 6.37. The highest BCUT2D eigenvalue weighted by Gasteiger charge is 2.18. The summed E-state index contributed by atoms with van der Waals surface area (Å²) in [6.07, 6.45) is 1.80. The Morgan fingerprint density at radius 3 is 2.44 bits per heavy atom. The van der Waals surface area contributed by atoms with E-state index in [-0.39, 0.29) is 0 Å². The molecule has 0 aliphatic carbocycles. The summed E-state index contributed by atoms with van der Waals surface area (Å²) in [6.45, 7) is 5.69. The van der Waals surface area contributed by atoms with Crippen molar-refractivity contribution < 1.29 is 4.79 Å². The number of aromatic nitrogens is 4. The average Bonchev–Trinajstić information content (AvgIpc) is 3.25. The van der Waals surface area contributed by atoms with Gasteiger partial charge in [-0.1, -0.05) is 53.6 Å². The summed E-state index contributed by atoms with van der Waals surface area (Å²) in [7, 11) is 2.08. The van der Waals surface area contributed by atoms with E-state index in [1.165, 1.54) is 0 Å². The highest BCUT2D eigenvalue weighted by atomic mass is 15.4. The first-order valence-electron chi connectivity index (χ1n) is 9.24. The number of rotatable bonds is 4. The van der Waals surface area contributed by atoms with Gasteiger partial charge in [0.25, 0.3) is 0 Å². The van der Waals surface area contributed by atoms with Crippen LogP contribution in [0.25, 0.3) is 22.2 Å². The first-order valence-corrected chi connectivity index (χ1v) is 9.24. The van der Waals surface area contributed by atoms with Crippen LogP contribution in [0.5, 0.6) is 0 Å². The number of hydrogen-bond donors (Lipinski definition) is 0. The molecule has 0 radical (unpaired) electrons. The second-order valence-electron chi connectivity index (χ2n) is 6.37. The topological polar surface area (TPSA) is 54.1 Å². The van der Waals surface area contributed by atoms with Crippen LogP contribution in [0.4, 0.5) is 5.69 Å². The van der Waals surface area contributed by atoms with Crippen LogP contribution >= 0.6 is 0 Å². The first kappa shape index (κ1) is 17.1. The van der Waals surface area contributed by atoms with Gasteiger partial charge in [-0.15, -0.1) is 9.47 Å². The lowest BCUT2D eigenvalue weighted by Gasteiger charge is -2.04. The number of benzene rings is 2. The Bertz CT molecular complexity index is 1160. The summed E-state index contributed by atoms with van der Waals surface area (Å²) in [4.78, 5) is 4.60. The molecule has 0 N–H and O–H groups in total. The number of fused-ring (bicyclic) bond motifs is 1. The zero-order valence-corrected chi connectivity index (χ0v) is 15.9. The van der Waals surface area contributed by atoms with E-state index in [4.69, 9.17) is 5.11 Å². The lowest BCUT2D eigenvalue weighted by molar-refractivity contribution is -0.153. The van der Waals surface area contributed by atoms with Gasteiger partial charge in [0.2, 0.25) is 0 Å². The van der Waals surface area contributed by atoms with Crippen LogP contribution in [0.15, 0.2) is 66.0 Å². The van der Waals surface area contributed by atoms with Crippen molar-refractivity contribution >= 4 is 16.6 Å². The molecule has 0 unspecified atom stereocenters. The van der Waals surface area contributed by atoms with Gasteiger partial charge in [-0.05, 0) is 25.0 Å². The van der Waals surface area contributed by atoms with E-state index in [0.29, 0.717) is 0 Å². The Balaban J connectivity index is 2.06. The Morgan fingerprint density at radius 2 is 1.70 bits per heavy atom. The van der Waals surface area contributed by atoms with Crippen LogP contribution in [-0.2, 0) is 20.1 Å². The maximum Gasteiger partial charge on any atom is 0.498 e. The van der Waals surface area contributed by atoms with Gasteiger partial charge >= 0.3 is 5.62 Å². The minimum atomic E-state index is 0.752. The quantitative estimate of drug-likeness (QED) is 0.404. The summed E-state index contributed by atoms with van der Waals surface area (Å²) in [5.41, 5.74) is 4.96. The zero-order chi connectivity index (χ0) is 18.8. The molecule has 136 valence electrons. The Morgan fingerprint density at radius 1 is 0.963 bits per heavy atom. The Labute approximate surface area is 157 Å². The van der Waals surface area contributed by atoms with E-state index < -0.39 is 0 Å². The van der Waals surface area contributed by atoms with E-state index in [0.717, 1.165) is 46.6 Å². The number of para-hydroxylation sites is 1. The lowest BCUT2D eigenvalue weighted by Crippen LogP contribution is -2.27. The molecule has 2 aromatic heterocycles. The zero-order valence-electron chi connectivity index (χ0n) is 15.9. The van der Waals surface area contributed by atoms with Crippen molar-refractivity contribution in [1.29, 1.82) is 0 Å². The smallest absolute Gasteiger partial charge is 0.342 e. The summed E-state index contributed by atoms with van der Waals surface area (Å²) in [5, 5.41) is 10.2. The highest BCUT2D eigenvalue weighted by molar-refractivity contribution is 6.00. The molecule has 0 aliphatic heterocycles. The van der Waals surface area contributed by atoms with E-state index in [9.17, 15) is 0 Å². The Hall–Kier alpha value is -3.37. The molecule has 4 rings (SSSR count). The van der Waals surface area contributed by atoms with Crippen LogP contribution < -0.4 is 5.62 Å². The molecule has 6 heteroatoms. The molecule has 0 amide bonds. The molecule has 0 fully saturated rings. The van der Waals surface area contributed by atoms with Gasteiger partial charge in [0, 0.05) is 18.0 Å². The van der Waals surface area contributed by atoms with Crippen LogP contribution in [0, 0.1) is 0 Å². The molecule has 27 heavy (non-hydrogen) atoms. The predicted octanol–water partition coefficient (Wildman–Crippen LogP) is 3.78. The predicted molar refractivity (Wildman–Crippen MR) is 105 cm³/mol. The van der Waals surface area contributed by atoms with Crippen LogP contribution in [0.1, 0.15) is 13.8 Å². The fourth-order valence-corrected chi connectivity index (χ4v) is 3.43. The maximum atomic E-state index is 4.71. The molecule has 0 saturated carbocycles. The van der Waals surface area contributed by atoms with Gasteiger partial charge in [-0.2, -0.15) is 0 Å². The van der Waals surface area contributed by atoms with Crippen molar-refractivity contribution in [2.24, 2.45) is 12.2 Å². The fraction of sp³-hybridized carbons (Fsp3) is 0.238. The third kappa shape index (κ3) is 2.90. The van der Waals surface area contributed by atoms with Crippen molar-refractivity contribution in [2.45, 2.75) is 26.9 Å². The number of aryl methyl sites for hydroxylation is 3. The molecule has 0 atom stereocenters. The number of hydrogen-bond acceptors (Lipinski definition) is 2. The first-order chi connectivity index (χ1) is 13.2. The third-order valence-electron chi connectivity index (χ3n) is 4.83. The summed E-state index contributed by atoms with van der Waals surface area (Å²) in [6, 6.07) is 18.6. The van der Waals surface area contributed by atoms with Gasteiger partial charge in [-0.3, -0.25) is 0 Å². The van der Waals surface area contributed by atoms with E-state index in [1.54, 1.807) is 6.33 Å². The van der Waals surface area contributed by atoms with Crippen LogP contribution in [0.2, 0.25) is 0 Å². The van der Waals surface area contributed by atoms with Gasteiger partial charge in [0.05, 0.1) is 24.3 Å². The third-order valence-corrected chi connectivity index (χ3v) is 4.83. The van der Waals surface area contributed by atoms with Crippen LogP contribution in [0.3, 0.4) is 0 Å². The molecule has 0 saturated heterocycles. The largest absolute Gasteiger partial charge is 0.498 e. The molecular weight excluding hydrogens is 336 g/mol. The van der Waals surface area contributed by atoms with Gasteiger partial charge in [-0.25, -0.2) is 4.57 Å². The molecule has 0 bridgehead atoms. The van der Waals surface area contributed by atoms with Crippen molar-refractivity contribution in [1.82, 2.24) is 18.9 Å².